The number of alkyl halides is 4. The first-order valence-corrected chi connectivity index (χ1v) is 5.05. The molecule has 0 aromatic rings. The van der Waals surface area contributed by atoms with Crippen LogP contribution >= 0.6 is 11.6 Å². The van der Waals surface area contributed by atoms with Gasteiger partial charge in [0.15, 0.2) is 12.3 Å². The van der Waals surface area contributed by atoms with E-state index in [0.717, 1.165) is 13.8 Å². The van der Waals surface area contributed by atoms with Crippen molar-refractivity contribution in [3.05, 3.63) is 0 Å². The molecule has 4 nitrogen and oxygen atoms in total. The Kier molecular flexibility index (Phi) is 5.74. The maximum Gasteiger partial charge on any atom is 0.405 e. The number of amides is 1. The van der Waals surface area contributed by atoms with Crippen molar-refractivity contribution in [3.8, 4) is 0 Å². The van der Waals surface area contributed by atoms with Crippen LogP contribution in [-0.2, 0) is 9.53 Å². The van der Waals surface area contributed by atoms with Gasteiger partial charge in [-0.1, -0.05) is 25.4 Å². The van der Waals surface area contributed by atoms with Crippen molar-refractivity contribution < 1.29 is 27.5 Å². The first kappa shape index (κ1) is 16.0. The minimum atomic E-state index is -2.56. The van der Waals surface area contributed by atoms with E-state index in [1.165, 1.54) is 0 Å². The second-order valence-corrected chi connectivity index (χ2v) is 4.47. The molecule has 0 saturated carbocycles. The first-order chi connectivity index (χ1) is 7.63. The molecule has 0 aliphatic carbocycles. The van der Waals surface area contributed by atoms with Crippen LogP contribution in [0.3, 0.4) is 0 Å². The summed E-state index contributed by atoms with van der Waals surface area (Å²) in [6.07, 6.45) is -5.90. The molecule has 0 aromatic carbocycles. The highest BCUT2D eigenvalue weighted by molar-refractivity contribution is 6.30. The lowest BCUT2D eigenvalue weighted by molar-refractivity contribution is -0.136. The summed E-state index contributed by atoms with van der Waals surface area (Å²) < 4.78 is 43.0. The van der Waals surface area contributed by atoms with Crippen molar-refractivity contribution >= 4 is 23.5 Å². The maximum absolute atomic E-state index is 13.8. The second kappa shape index (κ2) is 6.09. The fourth-order valence-corrected chi connectivity index (χ4v) is 1.12. The third kappa shape index (κ3) is 4.41. The van der Waals surface area contributed by atoms with Crippen molar-refractivity contribution in [2.75, 3.05) is 6.67 Å². The van der Waals surface area contributed by atoms with Gasteiger partial charge in [-0.25, -0.2) is 13.6 Å². The van der Waals surface area contributed by atoms with Crippen LogP contribution in [-0.4, -0.2) is 36.5 Å². The van der Waals surface area contributed by atoms with Crippen molar-refractivity contribution in [1.82, 2.24) is 0 Å². The summed E-state index contributed by atoms with van der Waals surface area (Å²) in [5.74, 6) is -1.51. The Labute approximate surface area is 101 Å². The molecule has 0 heterocycles. The minimum Gasteiger partial charge on any atom is -0.435 e. The number of ketones is 1. The minimum absolute atomic E-state index is 1.14. The molecule has 0 aromatic heterocycles. The molecule has 0 aliphatic heterocycles. The fraction of sp³-hybridized carbons (Fsp3) is 0.778. The Morgan fingerprint density at radius 3 is 2.18 bits per heavy atom. The first-order valence-electron chi connectivity index (χ1n) is 4.61. The summed E-state index contributed by atoms with van der Waals surface area (Å²) in [6.45, 7) is 1.15. The van der Waals surface area contributed by atoms with Crippen molar-refractivity contribution in [2.24, 2.45) is 11.1 Å². The van der Waals surface area contributed by atoms with Crippen LogP contribution in [0.15, 0.2) is 0 Å². The van der Waals surface area contributed by atoms with Gasteiger partial charge in [-0.05, 0) is 0 Å². The van der Waals surface area contributed by atoms with Gasteiger partial charge in [0, 0.05) is 5.41 Å². The lowest BCUT2D eigenvalue weighted by Gasteiger charge is -2.30. The molecule has 8 heteroatoms. The number of ether oxygens (including phenoxy) is 1. The fourth-order valence-electron chi connectivity index (χ4n) is 0.995. The second-order valence-electron chi connectivity index (χ2n) is 4.08. The normalized spacial score (nSPS) is 17.1. The van der Waals surface area contributed by atoms with Crippen LogP contribution in [0, 0.1) is 5.41 Å². The van der Waals surface area contributed by atoms with Crippen LogP contribution < -0.4 is 5.73 Å². The molecule has 0 radical (unpaired) electrons. The van der Waals surface area contributed by atoms with Gasteiger partial charge in [-0.15, -0.1) is 0 Å². The Morgan fingerprint density at radius 2 is 1.88 bits per heavy atom. The SMILES string of the molecule is CC(C)(CF)C(F)C(OC(N)=O)C(=O)C(F)Cl. The molecule has 3 unspecified atom stereocenters. The number of hydrogen-bond donors (Lipinski definition) is 1. The topological polar surface area (TPSA) is 69.4 Å². The van der Waals surface area contributed by atoms with Gasteiger partial charge < -0.3 is 10.5 Å². The summed E-state index contributed by atoms with van der Waals surface area (Å²) in [5, 5.41) is 0. The molecule has 0 aliphatic rings. The number of nitrogens with two attached hydrogens (primary N) is 1. The number of carbonyl (C=O) groups is 2. The zero-order valence-corrected chi connectivity index (χ0v) is 10.0. The standard InChI is InChI=1S/C9H13ClF3NO3/c1-9(2,3-11)6(12)5(17-8(14)16)4(15)7(10)13/h5-7H,3H2,1-2H3,(H2,14,16). The number of primary amides is 1. The van der Waals surface area contributed by atoms with Gasteiger partial charge in [0.1, 0.15) is 0 Å². The molecule has 0 rings (SSSR count). The van der Waals surface area contributed by atoms with Crippen molar-refractivity contribution in [3.63, 3.8) is 0 Å². The largest absolute Gasteiger partial charge is 0.435 e. The van der Waals surface area contributed by atoms with E-state index in [9.17, 15) is 22.8 Å². The van der Waals surface area contributed by atoms with Crippen LogP contribution in [0.5, 0.6) is 0 Å². The summed E-state index contributed by atoms with van der Waals surface area (Å²) in [5.41, 5.74) is 0.415. The number of Topliss-reactive ketones (excluding diaryl/α,β-unsaturated/α-hetero) is 1. The predicted octanol–water partition coefficient (Wildman–Crippen LogP) is 1.89. The van der Waals surface area contributed by atoms with Crippen LogP contribution in [0.4, 0.5) is 18.0 Å². The van der Waals surface area contributed by atoms with Gasteiger partial charge >= 0.3 is 6.09 Å². The van der Waals surface area contributed by atoms with Crippen molar-refractivity contribution in [2.45, 2.75) is 31.8 Å². The van der Waals surface area contributed by atoms with Gasteiger partial charge in [-0.3, -0.25) is 9.18 Å². The summed E-state index contributed by atoms with van der Waals surface area (Å²) in [4.78, 5) is 21.7. The zero-order valence-electron chi connectivity index (χ0n) is 9.25. The molecular formula is C9H13ClF3NO3. The molecular weight excluding hydrogens is 263 g/mol. The summed E-state index contributed by atoms with van der Waals surface area (Å²) in [7, 11) is 0. The number of hydrogen-bond acceptors (Lipinski definition) is 3. The van der Waals surface area contributed by atoms with Crippen LogP contribution in [0.25, 0.3) is 0 Å². The monoisotopic (exact) mass is 275 g/mol. The Bertz CT molecular complexity index is 299. The molecule has 3 atom stereocenters. The highest BCUT2D eigenvalue weighted by Gasteiger charge is 2.44. The van der Waals surface area contributed by atoms with Crippen LogP contribution in [0.2, 0.25) is 0 Å². The zero-order chi connectivity index (χ0) is 13.8. The van der Waals surface area contributed by atoms with Gasteiger partial charge in [0.05, 0.1) is 6.67 Å². The third-order valence-corrected chi connectivity index (χ3v) is 2.31. The molecule has 0 fully saturated rings. The lowest BCUT2D eigenvalue weighted by Crippen LogP contribution is -2.47. The average Bonchev–Trinajstić information content (AvgIpc) is 2.23. The molecule has 2 N–H and O–H groups in total. The maximum atomic E-state index is 13.8. The van der Waals surface area contributed by atoms with E-state index >= 15 is 0 Å². The summed E-state index contributed by atoms with van der Waals surface area (Å²) in [6, 6.07) is 0. The highest BCUT2D eigenvalue weighted by atomic mass is 35.5. The molecule has 1 amide bonds. The lowest BCUT2D eigenvalue weighted by atomic mass is 9.85. The smallest absolute Gasteiger partial charge is 0.405 e. The van der Waals surface area contributed by atoms with E-state index in [1.807, 2.05) is 0 Å². The number of rotatable bonds is 6. The van der Waals surface area contributed by atoms with E-state index in [4.69, 9.17) is 11.6 Å². The average molecular weight is 276 g/mol. The van der Waals surface area contributed by atoms with E-state index in [1.54, 1.807) is 0 Å². The molecule has 0 spiro atoms. The van der Waals surface area contributed by atoms with E-state index in [0.29, 0.717) is 0 Å². The summed E-state index contributed by atoms with van der Waals surface area (Å²) >= 11 is 4.84. The van der Waals surface area contributed by atoms with Crippen LogP contribution in [0.1, 0.15) is 13.8 Å². The van der Waals surface area contributed by atoms with Gasteiger partial charge in [0.25, 0.3) is 0 Å². The van der Waals surface area contributed by atoms with E-state index in [2.05, 4.69) is 10.5 Å². The molecule has 100 valence electrons. The van der Waals surface area contributed by atoms with Gasteiger partial charge in [-0.2, -0.15) is 0 Å². The number of halogens is 4. The third-order valence-electron chi connectivity index (χ3n) is 2.10. The molecule has 0 bridgehead atoms. The Balaban J connectivity index is 5.05. The van der Waals surface area contributed by atoms with E-state index < -0.39 is 41.9 Å². The van der Waals surface area contributed by atoms with Crippen molar-refractivity contribution in [1.29, 1.82) is 0 Å². The predicted molar refractivity (Wildman–Crippen MR) is 54.9 cm³/mol. The quantitative estimate of drug-likeness (QED) is 0.753. The Hall–Kier alpha value is -0.980. The highest BCUT2D eigenvalue weighted by Crippen LogP contribution is 2.29. The number of carbonyl (C=O) groups excluding carboxylic acids is 2. The molecule has 17 heavy (non-hydrogen) atoms. The van der Waals surface area contributed by atoms with E-state index in [-0.39, 0.29) is 0 Å². The van der Waals surface area contributed by atoms with Gasteiger partial charge in [0.2, 0.25) is 11.4 Å². The Morgan fingerprint density at radius 1 is 1.41 bits per heavy atom. The molecule has 0 saturated heterocycles.